The molecule has 1 amide bonds. The molecule has 0 aliphatic heterocycles. The second kappa shape index (κ2) is 8.36. The average Bonchev–Trinajstić information content (AvgIpc) is 2.45. The molecule has 0 saturated carbocycles. The molecule has 1 rings (SSSR count). The Morgan fingerprint density at radius 3 is 2.85 bits per heavy atom. The fourth-order valence-corrected chi connectivity index (χ4v) is 1.70. The lowest BCUT2D eigenvalue weighted by Crippen LogP contribution is -2.33. The van der Waals surface area contributed by atoms with E-state index in [0.29, 0.717) is 12.1 Å². The number of aliphatic hydroxyl groups is 1. The number of rotatable bonds is 5. The zero-order valence-corrected chi connectivity index (χ0v) is 12.4. The first-order valence-corrected chi connectivity index (χ1v) is 6.75. The maximum Gasteiger partial charge on any atom is 0.251 e. The molecule has 2 N–H and O–H groups in total. The molecular formula is C16H22N2O2. The van der Waals surface area contributed by atoms with E-state index in [4.69, 9.17) is 5.11 Å². The van der Waals surface area contributed by atoms with Crippen LogP contribution in [0.4, 0.5) is 0 Å². The molecule has 0 aliphatic rings. The fourth-order valence-electron chi connectivity index (χ4n) is 1.70. The third-order valence-corrected chi connectivity index (χ3v) is 3.11. The summed E-state index contributed by atoms with van der Waals surface area (Å²) in [7, 11) is 2.02. The van der Waals surface area contributed by atoms with Gasteiger partial charge in [-0.25, -0.2) is 0 Å². The molecule has 108 valence electrons. The summed E-state index contributed by atoms with van der Waals surface area (Å²) in [6.45, 7) is 6.20. The van der Waals surface area contributed by atoms with Gasteiger partial charge in [-0.15, -0.1) is 0 Å². The van der Waals surface area contributed by atoms with Crippen LogP contribution in [0.5, 0.6) is 0 Å². The second-order valence-corrected chi connectivity index (χ2v) is 4.64. The number of carbonyl (C=O) groups excluding carboxylic acids is 1. The number of nitrogens with one attached hydrogen (secondary N) is 1. The fraction of sp³-hybridized carbons (Fsp3) is 0.438. The summed E-state index contributed by atoms with van der Waals surface area (Å²) in [5.74, 6) is 5.31. The Balaban J connectivity index is 2.71. The van der Waals surface area contributed by atoms with Crippen LogP contribution in [-0.2, 0) is 0 Å². The standard InChI is InChI=1S/C16H22N2O2/c1-4-18(3)10-9-17-16(20)15-12-14(6-5-11-19)8-7-13(15)2/h7-8,12,19H,4,9-11H2,1-3H3,(H,17,20). The first-order chi connectivity index (χ1) is 9.58. The lowest BCUT2D eigenvalue weighted by atomic mass is 10.0. The minimum absolute atomic E-state index is 0.0837. The molecule has 0 atom stereocenters. The van der Waals surface area contributed by atoms with E-state index in [9.17, 15) is 4.79 Å². The Hall–Kier alpha value is -1.83. The first kappa shape index (κ1) is 16.2. The SMILES string of the molecule is CCN(C)CCNC(=O)c1cc(C#CCO)ccc1C. The van der Waals surface area contributed by atoms with E-state index >= 15 is 0 Å². The highest BCUT2D eigenvalue weighted by atomic mass is 16.2. The molecule has 0 aromatic heterocycles. The number of amides is 1. The zero-order chi connectivity index (χ0) is 15.0. The van der Waals surface area contributed by atoms with Crippen LogP contribution in [0, 0.1) is 18.8 Å². The molecule has 0 fully saturated rings. The van der Waals surface area contributed by atoms with E-state index in [2.05, 4.69) is 29.0 Å². The van der Waals surface area contributed by atoms with E-state index in [1.807, 2.05) is 26.1 Å². The predicted molar refractivity (Wildman–Crippen MR) is 80.6 cm³/mol. The Bertz CT molecular complexity index is 515. The Kier molecular flexibility index (Phi) is 6.78. The molecule has 1 aromatic rings. The highest BCUT2D eigenvalue weighted by Gasteiger charge is 2.09. The van der Waals surface area contributed by atoms with E-state index in [-0.39, 0.29) is 12.5 Å². The number of hydrogen-bond acceptors (Lipinski definition) is 3. The number of aryl methyl sites for hydroxylation is 1. The Morgan fingerprint density at radius 2 is 2.20 bits per heavy atom. The summed E-state index contributed by atoms with van der Waals surface area (Å²) in [6, 6.07) is 5.48. The van der Waals surface area contributed by atoms with Crippen molar-refractivity contribution < 1.29 is 9.90 Å². The van der Waals surface area contributed by atoms with Gasteiger partial charge in [-0.3, -0.25) is 4.79 Å². The maximum atomic E-state index is 12.1. The van der Waals surface area contributed by atoms with Crippen molar-refractivity contribution in [3.63, 3.8) is 0 Å². The minimum atomic E-state index is -0.182. The van der Waals surface area contributed by atoms with Crippen molar-refractivity contribution in [2.75, 3.05) is 33.3 Å². The van der Waals surface area contributed by atoms with Gasteiger partial charge in [0.15, 0.2) is 0 Å². The van der Waals surface area contributed by atoms with Crippen molar-refractivity contribution in [3.05, 3.63) is 34.9 Å². The van der Waals surface area contributed by atoms with Crippen LogP contribution < -0.4 is 5.32 Å². The van der Waals surface area contributed by atoms with Crippen molar-refractivity contribution in [1.82, 2.24) is 10.2 Å². The topological polar surface area (TPSA) is 52.6 Å². The average molecular weight is 274 g/mol. The molecule has 1 aromatic carbocycles. The molecule has 4 heteroatoms. The van der Waals surface area contributed by atoms with Crippen molar-refractivity contribution in [1.29, 1.82) is 0 Å². The summed E-state index contributed by atoms with van der Waals surface area (Å²) in [5.41, 5.74) is 2.29. The summed E-state index contributed by atoms with van der Waals surface area (Å²) >= 11 is 0. The molecular weight excluding hydrogens is 252 g/mol. The predicted octanol–water partition coefficient (Wildman–Crippen LogP) is 1.02. The number of likely N-dealkylation sites (N-methyl/N-ethyl adjacent to an activating group) is 1. The number of nitrogens with zero attached hydrogens (tertiary/aromatic N) is 1. The lowest BCUT2D eigenvalue weighted by Gasteiger charge is -2.14. The van der Waals surface area contributed by atoms with E-state index in [0.717, 1.165) is 24.2 Å². The van der Waals surface area contributed by atoms with Gasteiger partial charge in [0.05, 0.1) is 0 Å². The molecule has 0 radical (unpaired) electrons. The van der Waals surface area contributed by atoms with Gasteiger partial charge >= 0.3 is 0 Å². The maximum absolute atomic E-state index is 12.1. The number of carbonyl (C=O) groups is 1. The molecule has 0 saturated heterocycles. The Morgan fingerprint density at radius 1 is 1.45 bits per heavy atom. The molecule has 0 bridgehead atoms. The minimum Gasteiger partial charge on any atom is -0.384 e. The highest BCUT2D eigenvalue weighted by Crippen LogP contribution is 2.10. The van der Waals surface area contributed by atoms with Gasteiger partial charge in [0, 0.05) is 24.2 Å². The van der Waals surface area contributed by atoms with Gasteiger partial charge < -0.3 is 15.3 Å². The van der Waals surface area contributed by atoms with Crippen molar-refractivity contribution in [2.24, 2.45) is 0 Å². The van der Waals surface area contributed by atoms with Crippen LogP contribution in [0.15, 0.2) is 18.2 Å². The highest BCUT2D eigenvalue weighted by molar-refractivity contribution is 5.96. The molecule has 0 unspecified atom stereocenters. The second-order valence-electron chi connectivity index (χ2n) is 4.64. The summed E-state index contributed by atoms with van der Waals surface area (Å²) < 4.78 is 0. The first-order valence-electron chi connectivity index (χ1n) is 6.75. The normalized spacial score (nSPS) is 10.1. The van der Waals surface area contributed by atoms with Gasteiger partial charge in [-0.2, -0.15) is 0 Å². The monoisotopic (exact) mass is 274 g/mol. The lowest BCUT2D eigenvalue weighted by molar-refractivity contribution is 0.0949. The van der Waals surface area contributed by atoms with E-state index in [1.165, 1.54) is 0 Å². The van der Waals surface area contributed by atoms with Gasteiger partial charge in [-0.05, 0) is 38.2 Å². The molecule has 0 aliphatic carbocycles. The Labute approximate surface area is 120 Å². The van der Waals surface area contributed by atoms with Crippen LogP contribution in [0.2, 0.25) is 0 Å². The molecule has 0 heterocycles. The van der Waals surface area contributed by atoms with Gasteiger partial charge in [0.2, 0.25) is 0 Å². The van der Waals surface area contributed by atoms with Crippen LogP contribution in [-0.4, -0.2) is 49.2 Å². The van der Waals surface area contributed by atoms with Crippen LogP contribution in [0.25, 0.3) is 0 Å². The third-order valence-electron chi connectivity index (χ3n) is 3.11. The quantitative estimate of drug-likeness (QED) is 0.788. The van der Waals surface area contributed by atoms with Crippen LogP contribution in [0.1, 0.15) is 28.4 Å². The molecule has 0 spiro atoms. The van der Waals surface area contributed by atoms with Crippen molar-refractivity contribution in [2.45, 2.75) is 13.8 Å². The summed E-state index contributed by atoms with van der Waals surface area (Å²) in [6.07, 6.45) is 0. The van der Waals surface area contributed by atoms with Gasteiger partial charge in [0.1, 0.15) is 6.61 Å². The largest absolute Gasteiger partial charge is 0.384 e. The summed E-state index contributed by atoms with van der Waals surface area (Å²) in [5, 5.41) is 11.6. The van der Waals surface area contributed by atoms with Gasteiger partial charge in [0.25, 0.3) is 5.91 Å². The van der Waals surface area contributed by atoms with Crippen molar-refractivity contribution >= 4 is 5.91 Å². The molecule has 4 nitrogen and oxygen atoms in total. The van der Waals surface area contributed by atoms with Gasteiger partial charge in [-0.1, -0.05) is 24.8 Å². The number of aliphatic hydroxyl groups excluding tert-OH is 1. The number of benzene rings is 1. The van der Waals surface area contributed by atoms with Crippen LogP contribution >= 0.6 is 0 Å². The van der Waals surface area contributed by atoms with E-state index < -0.39 is 0 Å². The van der Waals surface area contributed by atoms with E-state index in [1.54, 1.807) is 6.07 Å². The number of hydrogen-bond donors (Lipinski definition) is 2. The molecule has 20 heavy (non-hydrogen) atoms. The smallest absolute Gasteiger partial charge is 0.251 e. The summed E-state index contributed by atoms with van der Waals surface area (Å²) in [4.78, 5) is 14.3. The third kappa shape index (κ3) is 5.04. The zero-order valence-electron chi connectivity index (χ0n) is 12.4. The van der Waals surface area contributed by atoms with Crippen molar-refractivity contribution in [3.8, 4) is 11.8 Å². The van der Waals surface area contributed by atoms with Crippen LogP contribution in [0.3, 0.4) is 0 Å².